The lowest BCUT2D eigenvalue weighted by Gasteiger charge is -2.06. The maximum atomic E-state index is 9.37. The largest absolute Gasteiger partial charge is 0.492 e. The van der Waals surface area contributed by atoms with E-state index in [-0.39, 0.29) is 17.0 Å². The molecule has 0 atom stereocenters. The number of nitrogens with zero attached hydrogens (tertiary/aromatic N) is 3. The fraction of sp³-hybridized carbons (Fsp3) is 0.300. The lowest BCUT2D eigenvalue weighted by atomic mass is 10.0. The van der Waals surface area contributed by atoms with Gasteiger partial charge in [0, 0.05) is 5.56 Å². The van der Waals surface area contributed by atoms with Crippen LogP contribution in [0.2, 0.25) is 0 Å². The van der Waals surface area contributed by atoms with Gasteiger partial charge in [0.2, 0.25) is 11.8 Å². The van der Waals surface area contributed by atoms with Crippen molar-refractivity contribution in [2.45, 2.75) is 18.8 Å². The maximum absolute atomic E-state index is 9.37. The van der Waals surface area contributed by atoms with E-state index in [1.54, 1.807) is 0 Å². The van der Waals surface area contributed by atoms with Crippen LogP contribution >= 0.6 is 0 Å². The molecule has 1 fully saturated rings. The second-order valence-electron chi connectivity index (χ2n) is 3.42. The normalized spacial score (nSPS) is 14.3. The fourth-order valence-corrected chi connectivity index (χ4v) is 1.58. The van der Waals surface area contributed by atoms with Crippen LogP contribution in [-0.4, -0.2) is 15.2 Å². The monoisotopic (exact) mass is 201 g/mol. The van der Waals surface area contributed by atoms with Gasteiger partial charge in [-0.2, -0.15) is 15.5 Å². The highest BCUT2D eigenvalue weighted by molar-refractivity contribution is 5.58. The van der Waals surface area contributed by atoms with Gasteiger partial charge in [-0.25, -0.2) is 0 Å². The van der Waals surface area contributed by atoms with Gasteiger partial charge in [0.25, 0.3) is 0 Å². The van der Waals surface area contributed by atoms with Gasteiger partial charge in [0.15, 0.2) is 0 Å². The highest BCUT2D eigenvalue weighted by Gasteiger charge is 2.32. The van der Waals surface area contributed by atoms with E-state index in [9.17, 15) is 10.2 Å². The van der Waals surface area contributed by atoms with Crippen LogP contribution in [0.5, 0.6) is 11.8 Å². The third-order valence-corrected chi connectivity index (χ3v) is 2.41. The molecule has 0 unspecified atom stereocenters. The Kier molecular flexibility index (Phi) is 1.95. The van der Waals surface area contributed by atoms with Crippen LogP contribution in [0.1, 0.15) is 35.4 Å². The number of hydrogen-bond acceptors (Lipinski definition) is 5. The maximum Gasteiger partial charge on any atom is 0.232 e. The molecule has 2 rings (SSSR count). The number of aromatic nitrogens is 1. The Morgan fingerprint density at radius 1 is 1.07 bits per heavy atom. The van der Waals surface area contributed by atoms with Crippen molar-refractivity contribution in [1.29, 1.82) is 10.5 Å². The summed E-state index contributed by atoms with van der Waals surface area (Å²) >= 11 is 0. The van der Waals surface area contributed by atoms with Crippen LogP contribution in [0.25, 0.3) is 0 Å². The predicted molar refractivity (Wildman–Crippen MR) is 49.0 cm³/mol. The van der Waals surface area contributed by atoms with Crippen LogP contribution in [0.4, 0.5) is 0 Å². The molecule has 0 spiro atoms. The number of rotatable bonds is 1. The summed E-state index contributed by atoms with van der Waals surface area (Å²) in [6.07, 6.45) is 1.73. The Labute approximate surface area is 85.8 Å². The zero-order valence-corrected chi connectivity index (χ0v) is 7.73. The van der Waals surface area contributed by atoms with E-state index in [4.69, 9.17) is 10.5 Å². The van der Waals surface area contributed by atoms with E-state index >= 15 is 0 Å². The first-order valence-corrected chi connectivity index (χ1v) is 4.45. The fourth-order valence-electron chi connectivity index (χ4n) is 1.58. The molecule has 0 aliphatic heterocycles. The van der Waals surface area contributed by atoms with E-state index in [0.717, 1.165) is 12.8 Å². The Bertz CT molecular complexity index is 469. The Hall–Kier alpha value is -2.27. The van der Waals surface area contributed by atoms with Crippen molar-refractivity contribution in [3.63, 3.8) is 0 Å². The minimum atomic E-state index is -0.504. The molecule has 1 aliphatic carbocycles. The Morgan fingerprint density at radius 3 is 1.87 bits per heavy atom. The molecular weight excluding hydrogens is 194 g/mol. The summed E-state index contributed by atoms with van der Waals surface area (Å²) in [5.41, 5.74) is 0.448. The molecule has 15 heavy (non-hydrogen) atoms. The van der Waals surface area contributed by atoms with Gasteiger partial charge in [-0.15, -0.1) is 0 Å². The topological polar surface area (TPSA) is 101 Å². The van der Waals surface area contributed by atoms with Crippen LogP contribution in [0.3, 0.4) is 0 Å². The Morgan fingerprint density at radius 2 is 1.53 bits per heavy atom. The van der Waals surface area contributed by atoms with Crippen LogP contribution in [-0.2, 0) is 0 Å². The second kappa shape index (κ2) is 3.14. The molecule has 5 nitrogen and oxygen atoms in total. The number of nitriles is 2. The molecule has 0 aromatic carbocycles. The summed E-state index contributed by atoms with van der Waals surface area (Å²) in [7, 11) is 0. The number of hydrogen-bond donors (Lipinski definition) is 2. The van der Waals surface area contributed by atoms with Gasteiger partial charge in [-0.1, -0.05) is 0 Å². The van der Waals surface area contributed by atoms with E-state index in [1.807, 2.05) is 12.1 Å². The standard InChI is InChI=1S/C10H7N3O2/c11-3-6-8(5-1-2-5)7(4-12)10(15)13-9(6)14/h5H,1-2H2,(H2,13,14,15). The predicted octanol–water partition coefficient (Wildman–Crippen LogP) is 1.11. The molecule has 1 aliphatic rings. The quantitative estimate of drug-likeness (QED) is 0.708. The molecule has 5 heteroatoms. The SMILES string of the molecule is N#Cc1c(O)nc(O)c(C#N)c1C1CC1. The average molecular weight is 201 g/mol. The number of pyridine rings is 1. The summed E-state index contributed by atoms with van der Waals surface area (Å²) < 4.78 is 0. The minimum absolute atomic E-state index is 0.00634. The molecule has 0 amide bonds. The summed E-state index contributed by atoms with van der Waals surface area (Å²) in [6.45, 7) is 0. The highest BCUT2D eigenvalue weighted by atomic mass is 16.3. The molecule has 2 N–H and O–H groups in total. The van der Waals surface area contributed by atoms with Crippen molar-refractivity contribution >= 4 is 0 Å². The van der Waals surface area contributed by atoms with Crippen LogP contribution < -0.4 is 0 Å². The van der Waals surface area contributed by atoms with Crippen molar-refractivity contribution < 1.29 is 10.2 Å². The first kappa shape index (κ1) is 9.29. The first-order chi connectivity index (χ1) is 7.19. The van der Waals surface area contributed by atoms with Crippen molar-refractivity contribution in [3.8, 4) is 23.9 Å². The molecular formula is C10H7N3O2. The van der Waals surface area contributed by atoms with E-state index in [0.29, 0.717) is 5.56 Å². The summed E-state index contributed by atoms with van der Waals surface area (Å²) in [5, 5.41) is 36.4. The van der Waals surface area contributed by atoms with Gasteiger partial charge < -0.3 is 10.2 Å². The van der Waals surface area contributed by atoms with Crippen LogP contribution in [0, 0.1) is 22.7 Å². The molecule has 1 saturated carbocycles. The zero-order valence-electron chi connectivity index (χ0n) is 7.73. The van der Waals surface area contributed by atoms with Gasteiger partial charge >= 0.3 is 0 Å². The summed E-state index contributed by atoms with van der Waals surface area (Å²) in [5.74, 6) is -0.916. The molecule has 0 saturated heterocycles. The third kappa shape index (κ3) is 1.35. The first-order valence-electron chi connectivity index (χ1n) is 4.45. The molecule has 0 radical (unpaired) electrons. The highest BCUT2D eigenvalue weighted by Crippen LogP contribution is 2.46. The summed E-state index contributed by atoms with van der Waals surface area (Å²) in [6, 6.07) is 3.62. The van der Waals surface area contributed by atoms with Gasteiger partial charge in [-0.3, -0.25) is 0 Å². The van der Waals surface area contributed by atoms with Crippen molar-refractivity contribution in [2.24, 2.45) is 0 Å². The van der Waals surface area contributed by atoms with E-state index in [1.165, 1.54) is 0 Å². The zero-order chi connectivity index (χ0) is 11.0. The lowest BCUT2D eigenvalue weighted by Crippen LogP contribution is -1.97. The van der Waals surface area contributed by atoms with E-state index < -0.39 is 11.8 Å². The third-order valence-electron chi connectivity index (χ3n) is 2.41. The van der Waals surface area contributed by atoms with E-state index in [2.05, 4.69) is 4.98 Å². The lowest BCUT2D eigenvalue weighted by molar-refractivity contribution is 0.409. The second-order valence-corrected chi connectivity index (χ2v) is 3.42. The van der Waals surface area contributed by atoms with Gasteiger partial charge in [-0.05, 0) is 18.8 Å². The van der Waals surface area contributed by atoms with Gasteiger partial charge in [0.05, 0.1) is 0 Å². The van der Waals surface area contributed by atoms with Crippen LogP contribution in [0.15, 0.2) is 0 Å². The molecule has 74 valence electrons. The number of aromatic hydroxyl groups is 2. The molecule has 1 aromatic heterocycles. The van der Waals surface area contributed by atoms with Crippen molar-refractivity contribution in [1.82, 2.24) is 4.98 Å². The average Bonchev–Trinajstić information content (AvgIpc) is 3.00. The van der Waals surface area contributed by atoms with Crippen molar-refractivity contribution in [2.75, 3.05) is 0 Å². The molecule has 1 heterocycles. The molecule has 1 aromatic rings. The summed E-state index contributed by atoms with van der Waals surface area (Å²) in [4.78, 5) is 3.35. The smallest absolute Gasteiger partial charge is 0.232 e. The Balaban J connectivity index is 2.76. The minimum Gasteiger partial charge on any atom is -0.492 e. The molecule has 0 bridgehead atoms. The van der Waals surface area contributed by atoms with Crippen molar-refractivity contribution in [3.05, 3.63) is 16.7 Å². The van der Waals surface area contributed by atoms with Gasteiger partial charge in [0.1, 0.15) is 23.3 Å².